The van der Waals surface area contributed by atoms with E-state index in [0.717, 1.165) is 32.6 Å². The zero-order chi connectivity index (χ0) is 50.7. The highest BCUT2D eigenvalue weighted by atomic mass is 32.1. The lowest BCUT2D eigenvalue weighted by Gasteiger charge is -2.34. The molecule has 0 radical (unpaired) electrons. The Bertz CT molecular complexity index is 2760. The summed E-state index contributed by atoms with van der Waals surface area (Å²) in [5.41, 5.74) is 4.77. The molecule has 4 N–H and O–H groups in total. The Morgan fingerprint density at radius 3 is 1.45 bits per heavy atom. The smallest absolute Gasteiger partial charge is 0.335 e. The molecule has 3 atom stereocenters. The summed E-state index contributed by atoms with van der Waals surface area (Å²) in [4.78, 5) is 81.1. The number of carbonyl (C=O) groups is 4. The molecular weight excluding hydrogens is 913 g/mol. The first-order valence-corrected chi connectivity index (χ1v) is 25.4. The summed E-state index contributed by atoms with van der Waals surface area (Å²) in [6.07, 6.45) is 0. The minimum atomic E-state index is -1.02. The fourth-order valence-corrected chi connectivity index (χ4v) is 9.93. The molecule has 71 heavy (non-hydrogen) atoms. The van der Waals surface area contributed by atoms with Crippen LogP contribution in [0.15, 0.2) is 120 Å². The fraction of sp³-hybridized carbons (Fsp3) is 0.393. The van der Waals surface area contributed by atoms with Crippen LogP contribution in [-0.4, -0.2) is 125 Å². The average molecular weight is 981 g/mol. The van der Waals surface area contributed by atoms with Crippen molar-refractivity contribution in [2.45, 2.75) is 71.6 Å². The average Bonchev–Trinajstić information content (AvgIpc) is 3.34. The highest BCUT2D eigenvalue weighted by Gasteiger charge is 2.24. The summed E-state index contributed by atoms with van der Waals surface area (Å²) in [6.45, 7) is 17.2. The van der Waals surface area contributed by atoms with E-state index in [1.165, 1.54) is 23.5 Å². The second kappa shape index (κ2) is 24.2. The highest BCUT2D eigenvalue weighted by molar-refractivity contribution is 7.24. The van der Waals surface area contributed by atoms with Gasteiger partial charge in [-0.1, -0.05) is 99.6 Å². The van der Waals surface area contributed by atoms with Crippen LogP contribution >= 0.6 is 11.3 Å². The van der Waals surface area contributed by atoms with Gasteiger partial charge in [0, 0.05) is 69.0 Å². The molecule has 4 aromatic carbocycles. The van der Waals surface area contributed by atoms with Crippen LogP contribution in [-0.2, 0) is 26.3 Å². The van der Waals surface area contributed by atoms with Gasteiger partial charge in [0.15, 0.2) is 5.43 Å². The molecule has 0 saturated carbocycles. The lowest BCUT2D eigenvalue weighted by molar-refractivity contribution is -0.125. The monoisotopic (exact) mass is 980 g/mol. The number of rotatable bonds is 15. The standard InChI is InChI=1S/C56H68N8O6S/c1-38(41-13-9-7-10-14-41)57-50(65)35-62-27-25-61(34-46-22-23-47-53(68)48-33-45(56(4,5)6)21-24-49(48)71-54(47)60-46)26-28-63(36-51(66)58-39(2)42-15-11-8-12-16-42)30-32-64(31-29-62)37-52(67)59-40(3)43-17-19-44(20-18-43)55(69)70/h7-24,33,38-40H,25-32,34-37H2,1-6H3,(H,57,65)(H,58,66)(H,59,67)(H,69,70)/t38-,39-,40-/m0/s1. The lowest BCUT2D eigenvalue weighted by atomic mass is 9.86. The lowest BCUT2D eigenvalue weighted by Crippen LogP contribution is -2.50. The molecule has 2 aromatic heterocycles. The number of benzene rings is 4. The van der Waals surface area contributed by atoms with Crippen molar-refractivity contribution in [3.8, 4) is 0 Å². The SMILES string of the molecule is C[C@H](NC(=O)CN1CCN(CC(=O)N[C@@H](C)c2ccccc2)CCN(Cc2ccc3c(=O)c4cc(C(C)(C)C)ccc4sc3n2)CCN(CC(=O)N[C@@H](C)c2ccccc2)CC1)c1ccc(C(=O)O)cc1. The maximum atomic E-state index is 13.9. The molecule has 14 nitrogen and oxygen atoms in total. The third kappa shape index (κ3) is 14.8. The molecule has 0 aliphatic carbocycles. The van der Waals surface area contributed by atoms with Gasteiger partial charge in [0.05, 0.1) is 54.4 Å². The van der Waals surface area contributed by atoms with Crippen LogP contribution < -0.4 is 21.4 Å². The van der Waals surface area contributed by atoms with E-state index in [4.69, 9.17) is 4.98 Å². The van der Waals surface area contributed by atoms with Crippen molar-refractivity contribution in [2.24, 2.45) is 0 Å². The van der Waals surface area contributed by atoms with E-state index in [1.807, 2.05) is 106 Å². The minimum absolute atomic E-state index is 0.0236. The molecule has 0 bridgehead atoms. The fourth-order valence-electron chi connectivity index (χ4n) is 8.89. The van der Waals surface area contributed by atoms with Gasteiger partial charge in [-0.2, -0.15) is 0 Å². The van der Waals surface area contributed by atoms with Crippen LogP contribution in [0.3, 0.4) is 0 Å². The van der Waals surface area contributed by atoms with Crippen LogP contribution in [0.2, 0.25) is 0 Å². The van der Waals surface area contributed by atoms with Gasteiger partial charge in [-0.15, -0.1) is 11.3 Å². The number of pyridine rings is 1. The first-order valence-electron chi connectivity index (χ1n) is 24.6. The molecule has 3 heterocycles. The number of carboxylic acids is 1. The Balaban J connectivity index is 1.13. The van der Waals surface area contributed by atoms with E-state index >= 15 is 0 Å². The van der Waals surface area contributed by atoms with Crippen LogP contribution in [0.5, 0.6) is 0 Å². The summed E-state index contributed by atoms with van der Waals surface area (Å²) in [5.74, 6) is -1.43. The van der Waals surface area contributed by atoms with Crippen molar-refractivity contribution in [3.05, 3.63) is 159 Å². The Morgan fingerprint density at radius 2 is 1.01 bits per heavy atom. The predicted molar refractivity (Wildman–Crippen MR) is 283 cm³/mol. The Hall–Kier alpha value is -6.36. The number of hydrogen-bond donors (Lipinski definition) is 4. The topological polar surface area (TPSA) is 168 Å². The van der Waals surface area contributed by atoms with E-state index < -0.39 is 5.97 Å². The molecule has 374 valence electrons. The van der Waals surface area contributed by atoms with Crippen LogP contribution in [0.4, 0.5) is 0 Å². The van der Waals surface area contributed by atoms with Gasteiger partial charge in [0.2, 0.25) is 17.7 Å². The third-order valence-corrected chi connectivity index (χ3v) is 14.3. The molecule has 3 amide bonds. The number of hydrogen-bond acceptors (Lipinski definition) is 11. The van der Waals surface area contributed by atoms with Crippen LogP contribution in [0.1, 0.15) is 98.0 Å². The van der Waals surface area contributed by atoms with Crippen molar-refractivity contribution >= 4 is 55.3 Å². The van der Waals surface area contributed by atoms with Crippen molar-refractivity contribution in [1.82, 2.24) is 40.5 Å². The zero-order valence-electron chi connectivity index (χ0n) is 41.8. The van der Waals surface area contributed by atoms with Gasteiger partial charge in [-0.3, -0.25) is 38.8 Å². The number of carboxylic acid groups (broad SMARTS) is 1. The van der Waals surface area contributed by atoms with E-state index in [9.17, 15) is 29.1 Å². The summed E-state index contributed by atoms with van der Waals surface area (Å²) in [7, 11) is 0. The van der Waals surface area contributed by atoms with Gasteiger partial charge in [0.1, 0.15) is 4.83 Å². The van der Waals surface area contributed by atoms with Gasteiger partial charge in [0.25, 0.3) is 0 Å². The van der Waals surface area contributed by atoms with E-state index in [-0.39, 0.29) is 71.9 Å². The quantitative estimate of drug-likeness (QED) is 0.0772. The number of aromatic carboxylic acids is 1. The van der Waals surface area contributed by atoms with Crippen molar-refractivity contribution in [3.63, 3.8) is 0 Å². The first kappa shape index (κ1) is 52.5. The van der Waals surface area contributed by atoms with Crippen molar-refractivity contribution in [1.29, 1.82) is 0 Å². The first-order chi connectivity index (χ1) is 34.0. The zero-order valence-corrected chi connectivity index (χ0v) is 42.6. The number of amides is 3. The summed E-state index contributed by atoms with van der Waals surface area (Å²) < 4.78 is 0.894. The second-order valence-corrected chi connectivity index (χ2v) is 20.8. The molecule has 7 rings (SSSR count). The minimum Gasteiger partial charge on any atom is -0.478 e. The van der Waals surface area contributed by atoms with E-state index in [2.05, 4.69) is 62.4 Å². The Labute approximate surface area is 421 Å². The van der Waals surface area contributed by atoms with Crippen LogP contribution in [0, 0.1) is 0 Å². The summed E-state index contributed by atoms with van der Waals surface area (Å²) in [6, 6.07) is 35.4. The highest BCUT2D eigenvalue weighted by Crippen LogP contribution is 2.29. The molecule has 15 heteroatoms. The molecule has 1 fully saturated rings. The number of nitrogens with one attached hydrogen (secondary N) is 3. The van der Waals surface area contributed by atoms with E-state index in [0.29, 0.717) is 74.5 Å². The van der Waals surface area contributed by atoms with Crippen molar-refractivity contribution in [2.75, 3.05) is 72.0 Å². The van der Waals surface area contributed by atoms with Gasteiger partial charge < -0.3 is 21.1 Å². The number of fused-ring (bicyclic) bond motifs is 2. The Kier molecular flexibility index (Phi) is 17.9. The molecule has 6 aromatic rings. The summed E-state index contributed by atoms with van der Waals surface area (Å²) >= 11 is 1.52. The number of aromatic nitrogens is 1. The van der Waals surface area contributed by atoms with Gasteiger partial charge >= 0.3 is 5.97 Å². The number of nitrogens with zero attached hydrogens (tertiary/aromatic N) is 5. The van der Waals surface area contributed by atoms with Crippen LogP contribution in [0.25, 0.3) is 20.3 Å². The maximum absolute atomic E-state index is 13.9. The maximum Gasteiger partial charge on any atom is 0.335 e. The predicted octanol–water partition coefficient (Wildman–Crippen LogP) is 7.16. The second-order valence-electron chi connectivity index (χ2n) is 19.8. The largest absolute Gasteiger partial charge is 0.478 e. The molecule has 1 aliphatic rings. The summed E-state index contributed by atoms with van der Waals surface area (Å²) in [5, 5.41) is 20.1. The molecule has 1 aliphatic heterocycles. The van der Waals surface area contributed by atoms with Crippen molar-refractivity contribution < 1.29 is 24.3 Å². The molecular formula is C56H68N8O6S. The third-order valence-electron chi connectivity index (χ3n) is 13.3. The number of carbonyl (C=O) groups excluding carboxylic acids is 3. The van der Waals surface area contributed by atoms with E-state index in [1.54, 1.807) is 12.1 Å². The molecule has 0 spiro atoms. The normalized spacial score (nSPS) is 16.3. The van der Waals surface area contributed by atoms with Gasteiger partial charge in [-0.25, -0.2) is 9.78 Å². The Morgan fingerprint density at radius 1 is 0.577 bits per heavy atom. The molecule has 0 unspecified atom stereocenters. The van der Waals surface area contributed by atoms with Gasteiger partial charge in [-0.05, 0) is 84.8 Å². The molecule has 1 saturated heterocycles.